The fraction of sp³-hybridized carbons (Fsp3) is 0.706. The van der Waals surface area contributed by atoms with Gasteiger partial charge in [0.2, 0.25) is 5.91 Å². The van der Waals surface area contributed by atoms with E-state index in [1.807, 2.05) is 33.8 Å². The number of rotatable bonds is 10. The maximum absolute atomic E-state index is 12.7. The van der Waals surface area contributed by atoms with Crippen molar-refractivity contribution in [3.63, 3.8) is 0 Å². The summed E-state index contributed by atoms with van der Waals surface area (Å²) in [5.74, 6) is 0.356. The zero-order valence-electron chi connectivity index (χ0n) is 15.8. The van der Waals surface area contributed by atoms with Crippen LogP contribution < -0.4 is 11.1 Å². The van der Waals surface area contributed by atoms with Crippen LogP contribution in [-0.2, 0) is 21.2 Å². The van der Waals surface area contributed by atoms with E-state index in [-0.39, 0.29) is 11.3 Å². The number of nitrogens with zero attached hydrogens (tertiary/aromatic N) is 1. The van der Waals surface area contributed by atoms with Crippen LogP contribution in [-0.4, -0.2) is 45.3 Å². The monoisotopic (exact) mass is 389 g/mol. The summed E-state index contributed by atoms with van der Waals surface area (Å²) in [6, 6.07) is 3.45. The van der Waals surface area contributed by atoms with Crippen LogP contribution in [0.1, 0.15) is 39.0 Å². The number of hydrogen-bond donors (Lipinski definition) is 2. The smallest absolute Gasteiger partial charge is 0.252 e. The van der Waals surface area contributed by atoms with Gasteiger partial charge in [0.05, 0.1) is 0 Å². The fourth-order valence-corrected chi connectivity index (χ4v) is 5.23. The minimum absolute atomic E-state index is 0.0307. The molecule has 1 heterocycles. The first-order chi connectivity index (χ1) is 11.5. The number of nitrogens with one attached hydrogen (secondary N) is 1. The number of hydrogen-bond acceptors (Lipinski definition) is 5. The van der Waals surface area contributed by atoms with E-state index in [2.05, 4.69) is 5.32 Å². The third-order valence-electron chi connectivity index (χ3n) is 3.79. The summed E-state index contributed by atoms with van der Waals surface area (Å²) in [6.45, 7) is 9.18. The lowest BCUT2D eigenvalue weighted by atomic mass is 9.94. The Kier molecular flexibility index (Phi) is 8.05. The molecule has 0 aliphatic carbocycles. The van der Waals surface area contributed by atoms with Gasteiger partial charge in [-0.1, -0.05) is 27.7 Å². The summed E-state index contributed by atoms with van der Waals surface area (Å²) >= 11 is 1.26. The van der Waals surface area contributed by atoms with Crippen LogP contribution in [0.15, 0.2) is 16.3 Å². The lowest BCUT2D eigenvalue weighted by Crippen LogP contribution is -2.39. The zero-order valence-corrected chi connectivity index (χ0v) is 17.5. The van der Waals surface area contributed by atoms with Crippen LogP contribution in [0.25, 0.3) is 0 Å². The van der Waals surface area contributed by atoms with Gasteiger partial charge in [0.15, 0.2) is 0 Å². The SMILES string of the molecule is CC(C)CC(=O)NCCc1ccc(S(=O)(=O)N(C)CC(C)(C)CN)s1. The Morgan fingerprint density at radius 1 is 1.36 bits per heavy atom. The molecular formula is C17H31N3O3S2. The largest absolute Gasteiger partial charge is 0.356 e. The minimum atomic E-state index is -3.51. The summed E-state index contributed by atoms with van der Waals surface area (Å²) in [5, 5.41) is 2.87. The molecule has 0 fully saturated rings. The number of amides is 1. The molecule has 0 aliphatic rings. The molecule has 1 rings (SSSR count). The molecule has 1 aromatic heterocycles. The summed E-state index contributed by atoms with van der Waals surface area (Å²) in [7, 11) is -1.93. The lowest BCUT2D eigenvalue weighted by molar-refractivity contribution is -0.121. The number of carbonyl (C=O) groups is 1. The van der Waals surface area contributed by atoms with E-state index < -0.39 is 10.0 Å². The Bertz CT molecular complexity index is 666. The highest BCUT2D eigenvalue weighted by Gasteiger charge is 2.28. The van der Waals surface area contributed by atoms with Gasteiger partial charge >= 0.3 is 0 Å². The molecule has 8 heteroatoms. The standard InChI is InChI=1S/C17H31N3O3S2/c1-13(2)10-15(21)19-9-8-14-6-7-16(24-14)25(22,23)20(5)12-17(3,4)11-18/h6-7,13H,8-12,18H2,1-5H3,(H,19,21). The highest BCUT2D eigenvalue weighted by Crippen LogP contribution is 2.26. The molecule has 0 spiro atoms. The van der Waals surface area contributed by atoms with Gasteiger partial charge in [0, 0.05) is 31.4 Å². The van der Waals surface area contributed by atoms with E-state index >= 15 is 0 Å². The van der Waals surface area contributed by atoms with E-state index in [1.165, 1.54) is 15.6 Å². The normalized spacial score (nSPS) is 12.8. The van der Waals surface area contributed by atoms with Crippen molar-refractivity contribution in [2.45, 2.75) is 44.7 Å². The number of sulfonamides is 1. The number of nitrogens with two attached hydrogens (primary N) is 1. The first-order valence-electron chi connectivity index (χ1n) is 8.50. The van der Waals surface area contributed by atoms with Crippen molar-refractivity contribution < 1.29 is 13.2 Å². The molecule has 1 aromatic rings. The van der Waals surface area contributed by atoms with Gasteiger partial charge in [-0.15, -0.1) is 11.3 Å². The summed E-state index contributed by atoms with van der Waals surface area (Å²) in [5.41, 5.74) is 5.42. The Hall–Kier alpha value is -0.960. The second kappa shape index (κ2) is 9.12. The lowest BCUT2D eigenvalue weighted by Gasteiger charge is -2.28. The third-order valence-corrected chi connectivity index (χ3v) is 7.21. The van der Waals surface area contributed by atoms with Gasteiger partial charge in [0.25, 0.3) is 10.0 Å². The highest BCUT2D eigenvalue weighted by atomic mass is 32.2. The van der Waals surface area contributed by atoms with Crippen molar-refractivity contribution in [3.8, 4) is 0 Å². The Morgan fingerprint density at radius 3 is 2.56 bits per heavy atom. The highest BCUT2D eigenvalue weighted by molar-refractivity contribution is 7.91. The molecule has 0 saturated carbocycles. The topological polar surface area (TPSA) is 92.5 Å². The van der Waals surface area contributed by atoms with E-state index in [1.54, 1.807) is 13.1 Å². The van der Waals surface area contributed by atoms with Crippen LogP contribution >= 0.6 is 11.3 Å². The molecule has 0 aliphatic heterocycles. The fourth-order valence-electron chi connectivity index (χ4n) is 2.31. The van der Waals surface area contributed by atoms with E-state index in [4.69, 9.17) is 5.73 Å². The van der Waals surface area contributed by atoms with Crippen molar-refractivity contribution in [2.75, 3.05) is 26.7 Å². The molecule has 0 bridgehead atoms. The predicted molar refractivity (Wildman–Crippen MR) is 103 cm³/mol. The molecule has 0 atom stereocenters. The summed E-state index contributed by atoms with van der Waals surface area (Å²) < 4.78 is 27.0. The Morgan fingerprint density at radius 2 is 2.00 bits per heavy atom. The second-order valence-corrected chi connectivity index (χ2v) is 11.0. The van der Waals surface area contributed by atoms with Gasteiger partial charge in [-0.25, -0.2) is 8.42 Å². The maximum Gasteiger partial charge on any atom is 0.252 e. The molecular weight excluding hydrogens is 358 g/mol. The molecule has 144 valence electrons. The average Bonchev–Trinajstić information content (AvgIpc) is 2.95. The van der Waals surface area contributed by atoms with E-state index in [9.17, 15) is 13.2 Å². The molecule has 0 saturated heterocycles. The first kappa shape index (κ1) is 22.1. The third kappa shape index (κ3) is 7.05. The van der Waals surface area contributed by atoms with E-state index in [0.717, 1.165) is 4.88 Å². The predicted octanol–water partition coefficient (Wildman–Crippen LogP) is 2.06. The van der Waals surface area contributed by atoms with Crippen LogP contribution in [0.5, 0.6) is 0 Å². The molecule has 25 heavy (non-hydrogen) atoms. The average molecular weight is 390 g/mol. The molecule has 0 radical (unpaired) electrons. The molecule has 3 N–H and O–H groups in total. The van der Waals surface area contributed by atoms with Crippen molar-refractivity contribution in [1.29, 1.82) is 0 Å². The van der Waals surface area contributed by atoms with Crippen LogP contribution in [0, 0.1) is 11.3 Å². The van der Waals surface area contributed by atoms with Crippen LogP contribution in [0.4, 0.5) is 0 Å². The maximum atomic E-state index is 12.7. The molecule has 0 unspecified atom stereocenters. The van der Waals surface area contributed by atoms with Gasteiger partial charge in [-0.05, 0) is 36.4 Å². The van der Waals surface area contributed by atoms with Crippen molar-refractivity contribution in [3.05, 3.63) is 17.0 Å². The molecule has 1 amide bonds. The van der Waals surface area contributed by atoms with Gasteiger partial charge in [0.1, 0.15) is 4.21 Å². The number of thiophene rings is 1. The van der Waals surface area contributed by atoms with Crippen molar-refractivity contribution >= 4 is 27.3 Å². The van der Waals surface area contributed by atoms with Crippen LogP contribution in [0.2, 0.25) is 0 Å². The van der Waals surface area contributed by atoms with E-state index in [0.29, 0.717) is 42.6 Å². The molecule has 6 nitrogen and oxygen atoms in total. The number of carbonyl (C=O) groups excluding carboxylic acids is 1. The Balaban J connectivity index is 2.65. The zero-order chi connectivity index (χ0) is 19.3. The second-order valence-electron chi connectivity index (χ2n) is 7.55. The quantitative estimate of drug-likeness (QED) is 0.641. The Labute approximate surface area is 155 Å². The van der Waals surface area contributed by atoms with Crippen molar-refractivity contribution in [2.24, 2.45) is 17.1 Å². The van der Waals surface area contributed by atoms with Crippen molar-refractivity contribution in [1.82, 2.24) is 9.62 Å². The van der Waals surface area contributed by atoms with Gasteiger partial charge in [-0.2, -0.15) is 4.31 Å². The summed E-state index contributed by atoms with van der Waals surface area (Å²) in [6.07, 6.45) is 1.13. The van der Waals surface area contributed by atoms with Gasteiger partial charge < -0.3 is 11.1 Å². The molecule has 0 aromatic carbocycles. The van der Waals surface area contributed by atoms with Crippen LogP contribution in [0.3, 0.4) is 0 Å². The first-order valence-corrected chi connectivity index (χ1v) is 10.8. The summed E-state index contributed by atoms with van der Waals surface area (Å²) in [4.78, 5) is 12.6. The van der Waals surface area contributed by atoms with Gasteiger partial charge in [-0.3, -0.25) is 4.79 Å². The minimum Gasteiger partial charge on any atom is -0.356 e.